The van der Waals surface area contributed by atoms with Crippen LogP contribution in [0.2, 0.25) is 5.02 Å². The lowest BCUT2D eigenvalue weighted by Gasteiger charge is -2.07. The van der Waals surface area contributed by atoms with Crippen LogP contribution in [-0.4, -0.2) is 36.6 Å². The van der Waals surface area contributed by atoms with E-state index in [-0.39, 0.29) is 17.5 Å². The van der Waals surface area contributed by atoms with Gasteiger partial charge in [0.05, 0.1) is 12.3 Å². The molecule has 0 aliphatic heterocycles. The number of benzene rings is 2. The van der Waals surface area contributed by atoms with Gasteiger partial charge in [-0.15, -0.1) is 5.10 Å². The lowest BCUT2D eigenvalue weighted by atomic mass is 10.2. The number of hydrogen-bond donors (Lipinski definition) is 1. The molecule has 152 valence electrons. The van der Waals surface area contributed by atoms with Crippen LogP contribution in [0.4, 0.5) is 10.1 Å². The highest BCUT2D eigenvalue weighted by atomic mass is 35.5. The molecule has 0 fully saturated rings. The van der Waals surface area contributed by atoms with Gasteiger partial charge in [0, 0.05) is 10.7 Å². The lowest BCUT2D eigenvalue weighted by molar-refractivity contribution is -0.113. The number of hydrogen-bond acceptors (Lipinski definition) is 6. The summed E-state index contributed by atoms with van der Waals surface area (Å²) in [6.45, 7) is 2.29. The summed E-state index contributed by atoms with van der Waals surface area (Å²) in [5.41, 5.74) is 3.50. The van der Waals surface area contributed by atoms with Crippen LogP contribution in [-0.2, 0) is 11.3 Å². The summed E-state index contributed by atoms with van der Waals surface area (Å²) in [6, 6.07) is 11.5. The molecule has 1 N–H and O–H groups in total. The molecule has 4 aromatic rings. The monoisotopic (exact) mass is 442 g/mol. The summed E-state index contributed by atoms with van der Waals surface area (Å²) >= 11 is 7.34. The Kier molecular flexibility index (Phi) is 5.91. The predicted molar refractivity (Wildman–Crippen MR) is 114 cm³/mol. The van der Waals surface area contributed by atoms with E-state index in [2.05, 4.69) is 25.6 Å². The van der Waals surface area contributed by atoms with Gasteiger partial charge in [-0.05, 0) is 42.3 Å². The number of halogens is 2. The summed E-state index contributed by atoms with van der Waals surface area (Å²) < 4.78 is 14.7. The Morgan fingerprint density at radius 3 is 2.77 bits per heavy atom. The van der Waals surface area contributed by atoms with Gasteiger partial charge in [0.15, 0.2) is 11.2 Å². The van der Waals surface area contributed by atoms with Crippen molar-refractivity contribution in [3.8, 4) is 0 Å². The standard InChI is InChI=1S/C20H16ClFN6OS/c1-12-2-7-15(8-16(12)21)25-17(29)10-30-20-18-19(23-11-24-20)28(27-26-18)9-13-3-5-14(22)6-4-13/h2-8,11H,9-10H2,1H3,(H,25,29). The minimum Gasteiger partial charge on any atom is -0.325 e. The number of nitrogens with one attached hydrogen (secondary N) is 1. The van der Waals surface area contributed by atoms with Crippen LogP contribution in [0.25, 0.3) is 11.2 Å². The molecule has 2 heterocycles. The van der Waals surface area contributed by atoms with E-state index in [0.29, 0.717) is 33.4 Å². The van der Waals surface area contributed by atoms with Crippen molar-refractivity contribution in [3.05, 3.63) is 70.8 Å². The number of aryl methyl sites for hydroxylation is 1. The second-order valence-electron chi connectivity index (χ2n) is 6.53. The quantitative estimate of drug-likeness (QED) is 0.357. The number of carbonyl (C=O) groups is 1. The maximum atomic E-state index is 13.1. The number of anilines is 1. The number of nitrogens with zero attached hydrogens (tertiary/aromatic N) is 5. The van der Waals surface area contributed by atoms with Gasteiger partial charge in [0.1, 0.15) is 17.2 Å². The molecule has 0 bridgehead atoms. The predicted octanol–water partition coefficient (Wildman–Crippen LogP) is 4.10. The van der Waals surface area contributed by atoms with Crippen molar-refractivity contribution in [1.82, 2.24) is 25.0 Å². The average Bonchev–Trinajstić information content (AvgIpc) is 3.14. The number of amides is 1. The van der Waals surface area contributed by atoms with E-state index in [1.165, 1.54) is 30.2 Å². The Morgan fingerprint density at radius 1 is 1.20 bits per heavy atom. The first-order valence-electron chi connectivity index (χ1n) is 8.97. The molecule has 0 saturated heterocycles. The van der Waals surface area contributed by atoms with E-state index in [0.717, 1.165) is 11.1 Å². The molecule has 0 unspecified atom stereocenters. The first-order chi connectivity index (χ1) is 14.5. The third kappa shape index (κ3) is 4.58. The highest BCUT2D eigenvalue weighted by Gasteiger charge is 2.14. The molecule has 0 spiro atoms. The van der Waals surface area contributed by atoms with E-state index in [9.17, 15) is 9.18 Å². The van der Waals surface area contributed by atoms with Gasteiger partial charge in [-0.2, -0.15) is 0 Å². The number of aromatic nitrogens is 5. The van der Waals surface area contributed by atoms with Crippen LogP contribution in [0.15, 0.2) is 53.8 Å². The second kappa shape index (κ2) is 8.76. The molecule has 0 saturated carbocycles. The molecular weight excluding hydrogens is 427 g/mol. The van der Waals surface area contributed by atoms with Crippen molar-refractivity contribution >= 4 is 46.1 Å². The molecule has 10 heteroatoms. The van der Waals surface area contributed by atoms with Crippen LogP contribution in [0.5, 0.6) is 0 Å². The summed E-state index contributed by atoms with van der Waals surface area (Å²) in [4.78, 5) is 20.8. The molecule has 2 aromatic heterocycles. The highest BCUT2D eigenvalue weighted by molar-refractivity contribution is 8.00. The smallest absolute Gasteiger partial charge is 0.234 e. The van der Waals surface area contributed by atoms with E-state index in [4.69, 9.17) is 11.6 Å². The van der Waals surface area contributed by atoms with Gasteiger partial charge >= 0.3 is 0 Å². The molecular formula is C20H16ClFN6OS. The SMILES string of the molecule is Cc1ccc(NC(=O)CSc2ncnc3c2nnn3Cc2ccc(F)cc2)cc1Cl. The molecule has 4 rings (SSSR count). The van der Waals surface area contributed by atoms with E-state index >= 15 is 0 Å². The van der Waals surface area contributed by atoms with Crippen LogP contribution in [0, 0.1) is 12.7 Å². The Hall–Kier alpha value is -3.04. The Labute approximate surface area is 180 Å². The third-order valence-corrected chi connectivity index (χ3v) is 5.69. The van der Waals surface area contributed by atoms with Crippen molar-refractivity contribution in [1.29, 1.82) is 0 Å². The minimum atomic E-state index is -0.297. The Balaban J connectivity index is 1.45. The van der Waals surface area contributed by atoms with Gasteiger partial charge in [-0.1, -0.05) is 46.8 Å². The number of carbonyl (C=O) groups excluding carboxylic acids is 1. The lowest BCUT2D eigenvalue weighted by Crippen LogP contribution is -2.14. The van der Waals surface area contributed by atoms with Crippen LogP contribution >= 0.6 is 23.4 Å². The topological polar surface area (TPSA) is 85.6 Å². The zero-order valence-corrected chi connectivity index (χ0v) is 17.4. The fourth-order valence-electron chi connectivity index (χ4n) is 2.75. The zero-order chi connectivity index (χ0) is 21.1. The first kappa shape index (κ1) is 20.2. The summed E-state index contributed by atoms with van der Waals surface area (Å²) in [7, 11) is 0. The summed E-state index contributed by atoms with van der Waals surface area (Å²) in [5, 5.41) is 12.3. The van der Waals surface area contributed by atoms with Gasteiger partial charge in [0.25, 0.3) is 0 Å². The van der Waals surface area contributed by atoms with Crippen LogP contribution < -0.4 is 5.32 Å². The number of fused-ring (bicyclic) bond motifs is 1. The van der Waals surface area contributed by atoms with E-state index in [1.807, 2.05) is 13.0 Å². The van der Waals surface area contributed by atoms with Crippen molar-refractivity contribution < 1.29 is 9.18 Å². The van der Waals surface area contributed by atoms with E-state index < -0.39 is 0 Å². The molecule has 0 radical (unpaired) electrons. The number of thioether (sulfide) groups is 1. The van der Waals surface area contributed by atoms with Crippen LogP contribution in [0.3, 0.4) is 0 Å². The average molecular weight is 443 g/mol. The van der Waals surface area contributed by atoms with Gasteiger partial charge in [-0.25, -0.2) is 19.0 Å². The Morgan fingerprint density at radius 2 is 2.00 bits per heavy atom. The molecule has 0 aliphatic carbocycles. The van der Waals surface area contributed by atoms with Gasteiger partial charge in [-0.3, -0.25) is 4.79 Å². The zero-order valence-electron chi connectivity index (χ0n) is 15.8. The number of rotatable bonds is 6. The summed E-state index contributed by atoms with van der Waals surface area (Å²) in [5.74, 6) is -0.345. The molecule has 0 atom stereocenters. The fourth-order valence-corrected chi connectivity index (χ4v) is 3.66. The second-order valence-corrected chi connectivity index (χ2v) is 7.90. The fraction of sp³-hybridized carbons (Fsp3) is 0.150. The normalized spacial score (nSPS) is 11.0. The molecule has 0 aliphatic rings. The minimum absolute atomic E-state index is 0.141. The van der Waals surface area contributed by atoms with Crippen molar-refractivity contribution in [2.45, 2.75) is 18.5 Å². The van der Waals surface area contributed by atoms with Gasteiger partial charge in [0.2, 0.25) is 5.91 Å². The maximum absolute atomic E-state index is 13.1. The maximum Gasteiger partial charge on any atom is 0.234 e. The molecule has 30 heavy (non-hydrogen) atoms. The van der Waals surface area contributed by atoms with E-state index in [1.54, 1.807) is 28.9 Å². The molecule has 7 nitrogen and oxygen atoms in total. The van der Waals surface area contributed by atoms with Crippen molar-refractivity contribution in [2.24, 2.45) is 0 Å². The third-order valence-electron chi connectivity index (χ3n) is 4.31. The molecule has 1 amide bonds. The van der Waals surface area contributed by atoms with Gasteiger partial charge < -0.3 is 5.32 Å². The Bertz CT molecular complexity index is 1210. The highest BCUT2D eigenvalue weighted by Crippen LogP contribution is 2.24. The first-order valence-corrected chi connectivity index (χ1v) is 10.3. The van der Waals surface area contributed by atoms with Crippen molar-refractivity contribution in [3.63, 3.8) is 0 Å². The van der Waals surface area contributed by atoms with Crippen molar-refractivity contribution in [2.75, 3.05) is 11.1 Å². The summed E-state index contributed by atoms with van der Waals surface area (Å²) in [6.07, 6.45) is 1.41. The molecule has 2 aromatic carbocycles. The van der Waals surface area contributed by atoms with Crippen LogP contribution in [0.1, 0.15) is 11.1 Å². The largest absolute Gasteiger partial charge is 0.325 e.